The second-order valence-corrected chi connectivity index (χ2v) is 5.77. The Morgan fingerprint density at radius 3 is 2.73 bits per heavy atom. The number of ether oxygens (including phenoxy) is 1. The zero-order valence-electron chi connectivity index (χ0n) is 14.0. The van der Waals surface area contributed by atoms with Crippen LogP contribution in [0.15, 0.2) is 38.8 Å². The van der Waals surface area contributed by atoms with E-state index in [1.165, 1.54) is 24.4 Å². The molecular weight excluding hydrogens is 343 g/mol. The Morgan fingerprint density at radius 1 is 1.27 bits per heavy atom. The third-order valence-electron chi connectivity index (χ3n) is 4.08. The smallest absolute Gasteiger partial charge is 0.335 e. The second-order valence-electron chi connectivity index (χ2n) is 5.77. The van der Waals surface area contributed by atoms with E-state index in [1.807, 2.05) is 0 Å². The van der Waals surface area contributed by atoms with Gasteiger partial charge in [-0.25, -0.2) is 13.8 Å². The van der Waals surface area contributed by atoms with Gasteiger partial charge >= 0.3 is 5.69 Å². The zero-order chi connectivity index (χ0) is 18.5. The molecule has 0 unspecified atom stereocenters. The van der Waals surface area contributed by atoms with Crippen LogP contribution in [0.25, 0.3) is 5.69 Å². The van der Waals surface area contributed by atoms with Crippen LogP contribution in [-0.4, -0.2) is 65.2 Å². The van der Waals surface area contributed by atoms with E-state index < -0.39 is 22.9 Å². The van der Waals surface area contributed by atoms with Crippen LogP contribution in [0.1, 0.15) is 5.56 Å². The SMILES string of the molecule is O=c1[nH]c(=O)n(-c2ccccc2F)c(O)c1C=NCCN1CCOCC1. The van der Waals surface area contributed by atoms with Crippen molar-refractivity contribution in [1.82, 2.24) is 14.5 Å². The third kappa shape index (κ3) is 3.89. The minimum atomic E-state index is -0.928. The molecule has 0 radical (unpaired) electrons. The summed E-state index contributed by atoms with van der Waals surface area (Å²) < 4.78 is 19.9. The number of hydrogen-bond acceptors (Lipinski definition) is 6. The maximum atomic E-state index is 14.0. The molecule has 0 saturated carbocycles. The average Bonchev–Trinajstić information content (AvgIpc) is 2.63. The van der Waals surface area contributed by atoms with Gasteiger partial charge in [0.15, 0.2) is 0 Å². The zero-order valence-corrected chi connectivity index (χ0v) is 14.0. The number of benzene rings is 1. The normalized spacial score (nSPS) is 15.6. The standard InChI is InChI=1S/C17H19FN4O4/c18-13-3-1-2-4-14(13)22-16(24)12(15(23)20-17(22)25)11-19-5-6-21-7-9-26-10-8-21/h1-4,11,24H,5-10H2,(H,20,23,25). The van der Waals surface area contributed by atoms with Crippen molar-refractivity contribution in [2.24, 2.45) is 4.99 Å². The first kappa shape index (κ1) is 18.0. The number of aromatic nitrogens is 2. The number of H-pyrrole nitrogens is 1. The number of nitrogens with zero attached hydrogens (tertiary/aromatic N) is 3. The van der Waals surface area contributed by atoms with E-state index in [1.54, 1.807) is 0 Å². The molecule has 0 bridgehead atoms. The number of aliphatic imine (C=N–C) groups is 1. The molecule has 0 amide bonds. The first-order valence-electron chi connectivity index (χ1n) is 8.21. The van der Waals surface area contributed by atoms with E-state index in [4.69, 9.17) is 4.74 Å². The molecule has 2 N–H and O–H groups in total. The molecule has 1 fully saturated rings. The lowest BCUT2D eigenvalue weighted by molar-refractivity contribution is 0.0395. The Labute approximate surface area is 148 Å². The van der Waals surface area contributed by atoms with Crippen molar-refractivity contribution in [1.29, 1.82) is 0 Å². The molecule has 2 heterocycles. The van der Waals surface area contributed by atoms with Gasteiger partial charge in [-0.3, -0.25) is 19.7 Å². The van der Waals surface area contributed by atoms with Crippen molar-refractivity contribution in [3.63, 3.8) is 0 Å². The lowest BCUT2D eigenvalue weighted by Crippen LogP contribution is -2.37. The average molecular weight is 362 g/mol. The molecule has 1 aliphatic rings. The van der Waals surface area contributed by atoms with Crippen molar-refractivity contribution in [2.75, 3.05) is 39.4 Å². The fourth-order valence-electron chi connectivity index (χ4n) is 2.69. The number of hydrogen-bond donors (Lipinski definition) is 2. The number of morpholine rings is 1. The molecule has 26 heavy (non-hydrogen) atoms. The van der Waals surface area contributed by atoms with Crippen molar-refractivity contribution in [3.05, 3.63) is 56.5 Å². The molecule has 2 aromatic rings. The summed E-state index contributed by atoms with van der Waals surface area (Å²) in [5.41, 5.74) is -2.07. The van der Waals surface area contributed by atoms with E-state index in [0.29, 0.717) is 30.9 Å². The molecule has 3 rings (SSSR count). The van der Waals surface area contributed by atoms with Crippen LogP contribution in [0, 0.1) is 5.82 Å². The molecule has 1 aromatic carbocycles. The summed E-state index contributed by atoms with van der Waals surface area (Å²) in [6.07, 6.45) is 1.20. The molecule has 8 nitrogen and oxygen atoms in total. The van der Waals surface area contributed by atoms with E-state index in [0.717, 1.165) is 19.2 Å². The van der Waals surface area contributed by atoms with Crippen molar-refractivity contribution in [3.8, 4) is 11.6 Å². The Balaban J connectivity index is 1.84. The molecule has 1 aliphatic heterocycles. The highest BCUT2D eigenvalue weighted by Gasteiger charge is 2.16. The summed E-state index contributed by atoms with van der Waals surface area (Å²) in [7, 11) is 0. The predicted molar refractivity (Wildman–Crippen MR) is 94.0 cm³/mol. The van der Waals surface area contributed by atoms with Crippen LogP contribution >= 0.6 is 0 Å². The van der Waals surface area contributed by atoms with Gasteiger partial charge in [-0.05, 0) is 12.1 Å². The van der Waals surface area contributed by atoms with E-state index in [-0.39, 0.29) is 11.3 Å². The van der Waals surface area contributed by atoms with Crippen LogP contribution < -0.4 is 11.2 Å². The second kappa shape index (κ2) is 8.07. The molecule has 1 aromatic heterocycles. The summed E-state index contributed by atoms with van der Waals surface area (Å²) in [5.74, 6) is -1.36. The molecule has 9 heteroatoms. The van der Waals surface area contributed by atoms with Gasteiger partial charge in [-0.1, -0.05) is 12.1 Å². The summed E-state index contributed by atoms with van der Waals surface area (Å²) in [6, 6.07) is 5.46. The fraction of sp³-hybridized carbons (Fsp3) is 0.353. The fourth-order valence-corrected chi connectivity index (χ4v) is 2.69. The van der Waals surface area contributed by atoms with E-state index >= 15 is 0 Å². The summed E-state index contributed by atoms with van der Waals surface area (Å²) >= 11 is 0. The Bertz CT molecular complexity index is 916. The minimum Gasteiger partial charge on any atom is -0.493 e. The monoisotopic (exact) mass is 362 g/mol. The molecular formula is C17H19FN4O4. The number of nitrogens with one attached hydrogen (secondary N) is 1. The van der Waals surface area contributed by atoms with Gasteiger partial charge in [-0.2, -0.15) is 0 Å². The van der Waals surface area contributed by atoms with Gasteiger partial charge in [-0.15, -0.1) is 0 Å². The molecule has 0 atom stereocenters. The number of aromatic hydroxyl groups is 1. The van der Waals surface area contributed by atoms with Crippen molar-refractivity contribution in [2.45, 2.75) is 0 Å². The third-order valence-corrected chi connectivity index (χ3v) is 4.08. The van der Waals surface area contributed by atoms with Gasteiger partial charge in [0.1, 0.15) is 11.4 Å². The Hall–Kier alpha value is -2.78. The molecule has 138 valence electrons. The van der Waals surface area contributed by atoms with Crippen LogP contribution in [-0.2, 0) is 4.74 Å². The quantitative estimate of drug-likeness (QED) is 0.736. The highest BCUT2D eigenvalue weighted by atomic mass is 19.1. The highest BCUT2D eigenvalue weighted by molar-refractivity contribution is 5.82. The number of halogens is 1. The Kier molecular flexibility index (Phi) is 5.59. The number of aromatic amines is 1. The maximum Gasteiger partial charge on any atom is 0.335 e. The first-order valence-corrected chi connectivity index (χ1v) is 8.21. The highest BCUT2D eigenvalue weighted by Crippen LogP contribution is 2.17. The van der Waals surface area contributed by atoms with Crippen LogP contribution in [0.2, 0.25) is 0 Å². The predicted octanol–water partition coefficient (Wildman–Crippen LogP) is 0.122. The van der Waals surface area contributed by atoms with Gasteiger partial charge in [0.25, 0.3) is 5.56 Å². The summed E-state index contributed by atoms with van der Waals surface area (Å²) in [6.45, 7) is 4.10. The lowest BCUT2D eigenvalue weighted by Gasteiger charge is -2.25. The van der Waals surface area contributed by atoms with Gasteiger partial charge in [0, 0.05) is 25.8 Å². The van der Waals surface area contributed by atoms with Crippen LogP contribution in [0.3, 0.4) is 0 Å². The van der Waals surface area contributed by atoms with E-state index in [2.05, 4.69) is 14.9 Å². The summed E-state index contributed by atoms with van der Waals surface area (Å²) in [4.78, 5) is 32.4. The van der Waals surface area contributed by atoms with Crippen molar-refractivity contribution >= 4 is 6.21 Å². The largest absolute Gasteiger partial charge is 0.493 e. The van der Waals surface area contributed by atoms with Crippen LogP contribution in [0.5, 0.6) is 5.88 Å². The topological polar surface area (TPSA) is 99.9 Å². The van der Waals surface area contributed by atoms with E-state index in [9.17, 15) is 19.1 Å². The maximum absolute atomic E-state index is 14.0. The molecule has 0 aliphatic carbocycles. The van der Waals surface area contributed by atoms with Crippen LogP contribution in [0.4, 0.5) is 4.39 Å². The molecule has 1 saturated heterocycles. The molecule has 0 spiro atoms. The number of rotatable bonds is 5. The van der Waals surface area contributed by atoms with Crippen molar-refractivity contribution < 1.29 is 14.2 Å². The van der Waals surface area contributed by atoms with Gasteiger partial charge < -0.3 is 9.84 Å². The Morgan fingerprint density at radius 2 is 2.00 bits per heavy atom. The lowest BCUT2D eigenvalue weighted by atomic mass is 10.2. The first-order chi connectivity index (χ1) is 12.6. The minimum absolute atomic E-state index is 0.158. The van der Waals surface area contributed by atoms with Gasteiger partial charge in [0.2, 0.25) is 5.88 Å². The number of para-hydroxylation sites is 1. The summed E-state index contributed by atoms with van der Waals surface area (Å²) in [5, 5.41) is 10.3. The van der Waals surface area contributed by atoms with Gasteiger partial charge in [0.05, 0.1) is 25.4 Å².